The fourth-order valence-corrected chi connectivity index (χ4v) is 5.11. The molecule has 0 fully saturated rings. The Bertz CT molecular complexity index is 1080. The van der Waals surface area contributed by atoms with Crippen molar-refractivity contribution in [2.24, 2.45) is 0 Å². The second-order valence-electron chi connectivity index (χ2n) is 6.46. The van der Waals surface area contributed by atoms with Gasteiger partial charge in [-0.2, -0.15) is 4.31 Å². The van der Waals surface area contributed by atoms with Crippen molar-refractivity contribution in [1.82, 2.24) is 4.31 Å². The Morgan fingerprint density at radius 3 is 2.61 bits per heavy atom. The highest BCUT2D eigenvalue weighted by Gasteiger charge is 2.30. The third-order valence-electron chi connectivity index (χ3n) is 4.67. The van der Waals surface area contributed by atoms with Crippen molar-refractivity contribution in [3.63, 3.8) is 0 Å². The number of nitrogens with one attached hydrogen (secondary N) is 1. The Morgan fingerprint density at radius 1 is 1.18 bits per heavy atom. The van der Waals surface area contributed by atoms with Crippen molar-refractivity contribution in [3.05, 3.63) is 58.9 Å². The lowest BCUT2D eigenvalue weighted by molar-refractivity contribution is -0.118. The van der Waals surface area contributed by atoms with E-state index in [9.17, 15) is 17.6 Å². The number of amides is 1. The SMILES string of the molecule is O=C1COc2cc(S(=O)(=O)N3CC=C(c4ccc(F)cc4)CC3)c(Cl)cc2N1. The first-order valence-corrected chi connectivity index (χ1v) is 10.4. The molecule has 0 aromatic heterocycles. The lowest BCUT2D eigenvalue weighted by Gasteiger charge is -2.27. The van der Waals surface area contributed by atoms with Crippen molar-refractivity contribution in [2.45, 2.75) is 11.3 Å². The Labute approximate surface area is 166 Å². The molecule has 2 aliphatic rings. The van der Waals surface area contributed by atoms with Gasteiger partial charge in [-0.05, 0) is 35.8 Å². The van der Waals surface area contributed by atoms with Gasteiger partial charge < -0.3 is 10.1 Å². The highest BCUT2D eigenvalue weighted by molar-refractivity contribution is 7.89. The number of hydrogen-bond donors (Lipinski definition) is 1. The average molecular weight is 423 g/mol. The minimum absolute atomic E-state index is 0.0119. The zero-order chi connectivity index (χ0) is 19.9. The number of anilines is 1. The number of nitrogens with zero attached hydrogens (tertiary/aromatic N) is 1. The van der Waals surface area contributed by atoms with Crippen molar-refractivity contribution in [2.75, 3.05) is 25.0 Å². The van der Waals surface area contributed by atoms with Gasteiger partial charge in [-0.1, -0.05) is 29.8 Å². The van der Waals surface area contributed by atoms with E-state index in [-0.39, 0.29) is 47.1 Å². The highest BCUT2D eigenvalue weighted by Crippen LogP contribution is 2.37. The molecule has 2 aromatic carbocycles. The van der Waals surface area contributed by atoms with Crippen LogP contribution in [0.4, 0.5) is 10.1 Å². The molecule has 6 nitrogen and oxygen atoms in total. The molecule has 146 valence electrons. The van der Waals surface area contributed by atoms with E-state index < -0.39 is 10.0 Å². The first-order chi connectivity index (χ1) is 13.3. The topological polar surface area (TPSA) is 75.7 Å². The number of carbonyl (C=O) groups excluding carboxylic acids is 1. The lowest BCUT2D eigenvalue weighted by Crippen LogP contribution is -2.35. The summed E-state index contributed by atoms with van der Waals surface area (Å²) in [4.78, 5) is 11.3. The number of ether oxygens (including phenoxy) is 1. The normalized spacial score (nSPS) is 17.4. The van der Waals surface area contributed by atoms with Gasteiger partial charge in [-0.15, -0.1) is 0 Å². The summed E-state index contributed by atoms with van der Waals surface area (Å²) < 4.78 is 45.8. The number of halogens is 2. The van der Waals surface area contributed by atoms with Gasteiger partial charge in [0.2, 0.25) is 10.0 Å². The summed E-state index contributed by atoms with van der Waals surface area (Å²) in [6.45, 7) is 0.276. The number of sulfonamides is 1. The summed E-state index contributed by atoms with van der Waals surface area (Å²) in [6.07, 6.45) is 2.32. The van der Waals surface area contributed by atoms with Gasteiger partial charge in [0.15, 0.2) is 6.61 Å². The second kappa shape index (κ2) is 7.20. The fourth-order valence-electron chi connectivity index (χ4n) is 3.21. The van der Waals surface area contributed by atoms with Crippen LogP contribution >= 0.6 is 11.6 Å². The molecular weight excluding hydrogens is 407 g/mol. The van der Waals surface area contributed by atoms with Crippen molar-refractivity contribution in [1.29, 1.82) is 0 Å². The van der Waals surface area contributed by atoms with Crippen LogP contribution in [0.2, 0.25) is 5.02 Å². The third kappa shape index (κ3) is 3.50. The van der Waals surface area contributed by atoms with Crippen LogP contribution in [-0.4, -0.2) is 38.3 Å². The standard InChI is InChI=1S/C19H16ClFN2O4S/c20-15-9-16-17(27-11-19(24)22-16)10-18(15)28(25,26)23-7-5-13(6-8-23)12-1-3-14(21)4-2-12/h1-5,9-10H,6-8,11H2,(H,22,24). The fraction of sp³-hybridized carbons (Fsp3) is 0.211. The predicted octanol–water partition coefficient (Wildman–Crippen LogP) is 3.29. The maximum absolute atomic E-state index is 13.1. The van der Waals surface area contributed by atoms with Crippen LogP contribution < -0.4 is 10.1 Å². The van der Waals surface area contributed by atoms with Crippen molar-refractivity contribution >= 4 is 38.8 Å². The summed E-state index contributed by atoms with van der Waals surface area (Å²) in [5, 5.41) is 2.61. The minimum Gasteiger partial charge on any atom is -0.482 e. The molecule has 1 N–H and O–H groups in total. The van der Waals surface area contributed by atoms with Crippen LogP contribution in [0.1, 0.15) is 12.0 Å². The molecule has 0 bridgehead atoms. The number of rotatable bonds is 3. The zero-order valence-corrected chi connectivity index (χ0v) is 16.2. The molecule has 9 heteroatoms. The van der Waals surface area contributed by atoms with Gasteiger partial charge >= 0.3 is 0 Å². The molecule has 2 heterocycles. The van der Waals surface area contributed by atoms with E-state index in [1.54, 1.807) is 12.1 Å². The van der Waals surface area contributed by atoms with E-state index in [1.807, 2.05) is 6.08 Å². The summed E-state index contributed by atoms with van der Waals surface area (Å²) in [7, 11) is -3.85. The van der Waals surface area contributed by atoms with Gasteiger partial charge in [-0.25, -0.2) is 12.8 Å². The molecule has 4 rings (SSSR count). The van der Waals surface area contributed by atoms with Gasteiger partial charge in [0.05, 0.1) is 10.7 Å². The summed E-state index contributed by atoms with van der Waals surface area (Å²) in [6, 6.07) is 8.83. The van der Waals surface area contributed by atoms with Gasteiger partial charge in [-0.3, -0.25) is 4.79 Å². The highest BCUT2D eigenvalue weighted by atomic mass is 35.5. The molecular formula is C19H16ClFN2O4S. The molecule has 0 saturated heterocycles. The molecule has 2 aliphatic heterocycles. The van der Waals surface area contributed by atoms with E-state index >= 15 is 0 Å². The maximum atomic E-state index is 13.1. The van der Waals surface area contributed by atoms with Crippen molar-refractivity contribution < 1.29 is 22.3 Å². The van der Waals surface area contributed by atoms with Crippen molar-refractivity contribution in [3.8, 4) is 5.75 Å². The Balaban J connectivity index is 1.60. The van der Waals surface area contributed by atoms with Crippen LogP contribution in [0.15, 0.2) is 47.4 Å². The molecule has 0 atom stereocenters. The molecule has 2 aromatic rings. The smallest absolute Gasteiger partial charge is 0.262 e. The minimum atomic E-state index is -3.85. The summed E-state index contributed by atoms with van der Waals surface area (Å²) in [5.74, 6) is -0.374. The largest absolute Gasteiger partial charge is 0.482 e. The van der Waals surface area contributed by atoms with E-state index in [4.69, 9.17) is 16.3 Å². The molecule has 1 amide bonds. The Hall–Kier alpha value is -2.42. The first kappa shape index (κ1) is 18.9. The quantitative estimate of drug-likeness (QED) is 0.823. The zero-order valence-electron chi connectivity index (χ0n) is 14.6. The number of benzene rings is 2. The van der Waals surface area contributed by atoms with E-state index in [0.29, 0.717) is 12.1 Å². The maximum Gasteiger partial charge on any atom is 0.262 e. The molecule has 0 saturated carbocycles. The Morgan fingerprint density at radius 2 is 1.93 bits per heavy atom. The molecule has 0 aliphatic carbocycles. The van der Waals surface area contributed by atoms with Gasteiger partial charge in [0.25, 0.3) is 5.91 Å². The molecule has 0 radical (unpaired) electrons. The van der Waals surface area contributed by atoms with Crippen LogP contribution in [-0.2, 0) is 14.8 Å². The summed E-state index contributed by atoms with van der Waals surface area (Å²) >= 11 is 6.19. The van der Waals surface area contributed by atoms with E-state index in [2.05, 4.69) is 5.32 Å². The first-order valence-electron chi connectivity index (χ1n) is 8.56. The molecule has 0 unspecified atom stereocenters. The summed E-state index contributed by atoms with van der Waals surface area (Å²) in [5.41, 5.74) is 2.18. The third-order valence-corrected chi connectivity index (χ3v) is 7.00. The van der Waals surface area contributed by atoms with Gasteiger partial charge in [0.1, 0.15) is 16.5 Å². The number of carbonyl (C=O) groups is 1. The van der Waals surface area contributed by atoms with Crippen LogP contribution in [0, 0.1) is 5.82 Å². The number of fused-ring (bicyclic) bond motifs is 1. The lowest BCUT2D eigenvalue weighted by atomic mass is 10.0. The average Bonchev–Trinajstić information content (AvgIpc) is 2.68. The molecule has 28 heavy (non-hydrogen) atoms. The Kier molecular flexibility index (Phi) is 4.86. The predicted molar refractivity (Wildman–Crippen MR) is 103 cm³/mol. The van der Waals surface area contributed by atoms with Crippen LogP contribution in [0.5, 0.6) is 5.75 Å². The van der Waals surface area contributed by atoms with Gasteiger partial charge in [0, 0.05) is 19.2 Å². The number of hydrogen-bond acceptors (Lipinski definition) is 4. The van der Waals surface area contributed by atoms with E-state index in [0.717, 1.165) is 11.1 Å². The van der Waals surface area contributed by atoms with Crippen LogP contribution in [0.25, 0.3) is 5.57 Å². The monoisotopic (exact) mass is 422 g/mol. The van der Waals surface area contributed by atoms with Crippen LogP contribution in [0.3, 0.4) is 0 Å². The molecule has 0 spiro atoms. The second-order valence-corrected chi connectivity index (χ2v) is 8.78. The van der Waals surface area contributed by atoms with E-state index in [1.165, 1.54) is 28.6 Å².